The number of carbonyl (C=O) groups is 2. The first kappa shape index (κ1) is 21.1. The number of aliphatic hydroxyl groups is 1. The molecule has 142 valence electrons. The number of rotatable bonds is 11. The van der Waals surface area contributed by atoms with Gasteiger partial charge < -0.3 is 10.2 Å². The third-order valence-corrected chi connectivity index (χ3v) is 6.78. The van der Waals surface area contributed by atoms with Gasteiger partial charge in [-0.15, -0.1) is 11.8 Å². The van der Waals surface area contributed by atoms with Crippen molar-refractivity contribution in [1.29, 1.82) is 0 Å². The molecule has 1 aromatic carbocycles. The fourth-order valence-corrected chi connectivity index (χ4v) is 5.17. The van der Waals surface area contributed by atoms with Crippen LogP contribution >= 0.6 is 23.5 Å². The molecule has 0 unspecified atom stereocenters. The van der Waals surface area contributed by atoms with Crippen molar-refractivity contribution in [3.05, 3.63) is 48.0 Å². The zero-order valence-corrected chi connectivity index (χ0v) is 16.4. The monoisotopic (exact) mass is 394 g/mol. The number of carboxylic acids is 1. The lowest BCUT2D eigenvalue weighted by molar-refractivity contribution is -0.133. The van der Waals surface area contributed by atoms with E-state index in [0.717, 1.165) is 29.9 Å². The van der Waals surface area contributed by atoms with E-state index in [0.29, 0.717) is 18.6 Å². The number of carbonyl (C=O) groups excluding carboxylic acids is 1. The van der Waals surface area contributed by atoms with E-state index in [1.165, 1.54) is 11.8 Å². The normalized spacial score (nSPS) is 21.3. The second-order valence-electron chi connectivity index (χ2n) is 6.40. The second-order valence-corrected chi connectivity index (χ2v) is 8.76. The summed E-state index contributed by atoms with van der Waals surface area (Å²) in [5.74, 6) is 1.49. The smallest absolute Gasteiger partial charge is 0.313 e. The van der Waals surface area contributed by atoms with E-state index in [9.17, 15) is 14.7 Å². The predicted molar refractivity (Wildman–Crippen MR) is 109 cm³/mol. The SMILES string of the molecule is O=C(O)CSCCCS[C@H]1C(=O)CC[C@@H]1/C=C/[C@H](O)Cc1ccccc1. The van der Waals surface area contributed by atoms with Crippen LogP contribution in [0.15, 0.2) is 42.5 Å². The Kier molecular flexibility index (Phi) is 9.29. The average molecular weight is 395 g/mol. The van der Waals surface area contributed by atoms with Gasteiger partial charge in [-0.05, 0) is 35.8 Å². The van der Waals surface area contributed by atoms with Gasteiger partial charge in [0.25, 0.3) is 0 Å². The molecule has 2 N–H and O–H groups in total. The van der Waals surface area contributed by atoms with Crippen LogP contribution in [-0.4, -0.2) is 50.6 Å². The molecular formula is C20H26O4S2. The lowest BCUT2D eigenvalue weighted by Gasteiger charge is -2.15. The van der Waals surface area contributed by atoms with Crippen molar-refractivity contribution < 1.29 is 19.8 Å². The molecule has 0 saturated heterocycles. The van der Waals surface area contributed by atoms with Gasteiger partial charge in [0.05, 0.1) is 17.1 Å². The summed E-state index contributed by atoms with van der Waals surface area (Å²) < 4.78 is 0. The standard InChI is InChI=1S/C20H26O4S2/c21-17(13-15-5-2-1-3-6-15)9-7-16-8-10-18(22)20(16)26-12-4-11-25-14-19(23)24/h1-3,5-7,9,16-17,20-21H,4,8,10-14H2,(H,23,24)/b9-7+/t16-,17-,20+/m0/s1. The van der Waals surface area contributed by atoms with Gasteiger partial charge in [0, 0.05) is 12.8 Å². The highest BCUT2D eigenvalue weighted by atomic mass is 32.2. The van der Waals surface area contributed by atoms with Crippen molar-refractivity contribution in [2.24, 2.45) is 5.92 Å². The van der Waals surface area contributed by atoms with Gasteiger partial charge in [0.15, 0.2) is 0 Å². The van der Waals surface area contributed by atoms with Crippen molar-refractivity contribution in [3.8, 4) is 0 Å². The fourth-order valence-electron chi connectivity index (χ4n) is 2.98. The summed E-state index contributed by atoms with van der Waals surface area (Å²) in [6.07, 6.45) is 6.23. The third kappa shape index (κ3) is 7.56. The summed E-state index contributed by atoms with van der Waals surface area (Å²) >= 11 is 3.09. The molecule has 1 aromatic rings. The Morgan fingerprint density at radius 1 is 1.27 bits per heavy atom. The molecule has 0 aromatic heterocycles. The minimum absolute atomic E-state index is 0.0281. The van der Waals surface area contributed by atoms with Gasteiger partial charge in [-0.1, -0.05) is 42.5 Å². The van der Waals surface area contributed by atoms with Crippen LogP contribution in [0.4, 0.5) is 0 Å². The number of Topliss-reactive ketones (excluding diaryl/α,β-unsaturated/α-hetero) is 1. The molecule has 2 rings (SSSR count). The molecule has 1 aliphatic rings. The zero-order valence-electron chi connectivity index (χ0n) is 14.8. The summed E-state index contributed by atoms with van der Waals surface area (Å²) in [6, 6.07) is 9.87. The van der Waals surface area contributed by atoms with Crippen LogP contribution in [0.3, 0.4) is 0 Å². The number of thioether (sulfide) groups is 2. The van der Waals surface area contributed by atoms with Crippen LogP contribution in [0.1, 0.15) is 24.8 Å². The number of ketones is 1. The molecule has 6 heteroatoms. The number of aliphatic carboxylic acids is 1. The highest BCUT2D eigenvalue weighted by Gasteiger charge is 2.33. The lowest BCUT2D eigenvalue weighted by Crippen LogP contribution is -2.17. The largest absolute Gasteiger partial charge is 0.481 e. The Morgan fingerprint density at radius 2 is 2.04 bits per heavy atom. The maximum atomic E-state index is 12.1. The quantitative estimate of drug-likeness (QED) is 0.442. The van der Waals surface area contributed by atoms with Crippen LogP contribution in [0.5, 0.6) is 0 Å². The summed E-state index contributed by atoms with van der Waals surface area (Å²) in [4.78, 5) is 22.6. The maximum Gasteiger partial charge on any atom is 0.313 e. The summed E-state index contributed by atoms with van der Waals surface area (Å²) in [6.45, 7) is 0. The van der Waals surface area contributed by atoms with Crippen LogP contribution in [-0.2, 0) is 16.0 Å². The highest BCUT2D eigenvalue weighted by molar-refractivity contribution is 8.01. The Labute approximate surface area is 163 Å². The molecule has 0 aliphatic heterocycles. The Hall–Kier alpha value is -1.24. The van der Waals surface area contributed by atoms with Crippen LogP contribution < -0.4 is 0 Å². The zero-order chi connectivity index (χ0) is 18.8. The molecule has 26 heavy (non-hydrogen) atoms. The first-order valence-electron chi connectivity index (χ1n) is 8.90. The second kappa shape index (κ2) is 11.5. The molecule has 0 radical (unpaired) electrons. The molecule has 0 amide bonds. The van der Waals surface area contributed by atoms with E-state index in [1.807, 2.05) is 42.5 Å². The van der Waals surface area contributed by atoms with Crippen molar-refractivity contribution in [1.82, 2.24) is 0 Å². The molecule has 0 bridgehead atoms. The van der Waals surface area contributed by atoms with E-state index in [2.05, 4.69) is 0 Å². The first-order chi connectivity index (χ1) is 12.6. The predicted octanol–water partition coefficient (Wildman–Crippen LogP) is 3.44. The van der Waals surface area contributed by atoms with E-state index in [-0.39, 0.29) is 16.9 Å². The van der Waals surface area contributed by atoms with E-state index >= 15 is 0 Å². The molecule has 1 aliphatic carbocycles. The van der Waals surface area contributed by atoms with E-state index in [4.69, 9.17) is 5.11 Å². The number of hydrogen-bond acceptors (Lipinski definition) is 5. The van der Waals surface area contributed by atoms with E-state index < -0.39 is 12.1 Å². The molecule has 3 atom stereocenters. The highest BCUT2D eigenvalue weighted by Crippen LogP contribution is 2.34. The summed E-state index contributed by atoms with van der Waals surface area (Å²) in [7, 11) is 0. The number of allylic oxidation sites excluding steroid dienone is 1. The number of aliphatic hydroxyl groups excluding tert-OH is 1. The molecule has 4 nitrogen and oxygen atoms in total. The van der Waals surface area contributed by atoms with Gasteiger partial charge in [-0.2, -0.15) is 11.8 Å². The van der Waals surface area contributed by atoms with Crippen molar-refractivity contribution in [3.63, 3.8) is 0 Å². The van der Waals surface area contributed by atoms with Gasteiger partial charge >= 0.3 is 5.97 Å². The van der Waals surface area contributed by atoms with Crippen LogP contribution in [0.2, 0.25) is 0 Å². The topological polar surface area (TPSA) is 74.6 Å². The third-order valence-electron chi connectivity index (χ3n) is 4.25. The van der Waals surface area contributed by atoms with Crippen molar-refractivity contribution in [2.75, 3.05) is 17.3 Å². The summed E-state index contributed by atoms with van der Waals surface area (Å²) in [5.41, 5.74) is 1.09. The van der Waals surface area contributed by atoms with Crippen molar-refractivity contribution in [2.45, 2.75) is 37.0 Å². The minimum atomic E-state index is -0.784. The molecule has 0 spiro atoms. The molecule has 0 heterocycles. The number of benzene rings is 1. The first-order valence-corrected chi connectivity index (χ1v) is 11.1. The minimum Gasteiger partial charge on any atom is -0.481 e. The maximum absolute atomic E-state index is 12.1. The number of carboxylic acid groups (broad SMARTS) is 1. The van der Waals surface area contributed by atoms with Gasteiger partial charge in [0.1, 0.15) is 5.78 Å². The van der Waals surface area contributed by atoms with E-state index in [1.54, 1.807) is 11.8 Å². The lowest BCUT2D eigenvalue weighted by atomic mass is 10.0. The van der Waals surface area contributed by atoms with Crippen LogP contribution in [0.25, 0.3) is 0 Å². The molecular weight excluding hydrogens is 368 g/mol. The van der Waals surface area contributed by atoms with Crippen molar-refractivity contribution >= 4 is 35.3 Å². The Balaban J connectivity index is 1.74. The van der Waals surface area contributed by atoms with Gasteiger partial charge in [0.2, 0.25) is 0 Å². The Morgan fingerprint density at radius 3 is 2.77 bits per heavy atom. The Bertz CT molecular complexity index is 603. The fraction of sp³-hybridized carbons (Fsp3) is 0.500. The van der Waals surface area contributed by atoms with Gasteiger partial charge in [-0.3, -0.25) is 9.59 Å². The average Bonchev–Trinajstić information content (AvgIpc) is 2.97. The number of hydrogen-bond donors (Lipinski definition) is 2. The summed E-state index contributed by atoms with van der Waals surface area (Å²) in [5, 5.41) is 18.8. The molecule has 1 saturated carbocycles. The van der Waals surface area contributed by atoms with Gasteiger partial charge in [-0.25, -0.2) is 0 Å². The van der Waals surface area contributed by atoms with Crippen LogP contribution in [0, 0.1) is 5.92 Å². The molecule has 1 fully saturated rings.